The van der Waals surface area contributed by atoms with Gasteiger partial charge in [0.15, 0.2) is 11.5 Å². The van der Waals surface area contributed by atoms with Gasteiger partial charge in [0.25, 0.3) is 5.69 Å². The largest absolute Gasteiger partial charge is 0.493 e. The van der Waals surface area contributed by atoms with E-state index in [1.807, 2.05) is 36.4 Å². The zero-order valence-corrected chi connectivity index (χ0v) is 17.1. The predicted octanol–water partition coefficient (Wildman–Crippen LogP) is 5.41. The van der Waals surface area contributed by atoms with Gasteiger partial charge < -0.3 is 14.2 Å². The van der Waals surface area contributed by atoms with Gasteiger partial charge in [-0.25, -0.2) is 0 Å². The second-order valence-corrected chi connectivity index (χ2v) is 6.77. The Kier molecular flexibility index (Phi) is 5.66. The van der Waals surface area contributed by atoms with E-state index in [1.165, 1.54) is 12.1 Å². The molecule has 0 amide bonds. The number of hydrogen-bond acceptors (Lipinski definition) is 6. The van der Waals surface area contributed by atoms with Crippen molar-refractivity contribution in [3.05, 3.63) is 88.6 Å². The number of ether oxygens (including phenoxy) is 3. The molecule has 0 aliphatic carbocycles. The number of nitro benzene ring substituents is 1. The van der Waals surface area contributed by atoms with Crippen LogP contribution in [-0.4, -0.2) is 24.1 Å². The zero-order valence-electron chi connectivity index (χ0n) is 17.1. The average molecular weight is 416 g/mol. The van der Waals surface area contributed by atoms with E-state index in [4.69, 9.17) is 14.2 Å². The Morgan fingerprint density at radius 3 is 2.45 bits per heavy atom. The normalized spacial score (nSPS) is 10.6. The first-order chi connectivity index (χ1) is 15.1. The molecular weight excluding hydrogens is 396 g/mol. The Morgan fingerprint density at radius 2 is 1.74 bits per heavy atom. The summed E-state index contributed by atoms with van der Waals surface area (Å²) in [5.41, 5.74) is 2.16. The summed E-state index contributed by atoms with van der Waals surface area (Å²) in [6.07, 6.45) is 1.64. The minimum Gasteiger partial charge on any atom is -0.493 e. The molecule has 0 radical (unpaired) electrons. The van der Waals surface area contributed by atoms with Crippen LogP contribution in [0.25, 0.3) is 22.0 Å². The van der Waals surface area contributed by atoms with E-state index in [9.17, 15) is 10.1 Å². The smallest absolute Gasteiger partial charge is 0.270 e. The quantitative estimate of drug-likeness (QED) is 0.296. The molecule has 0 atom stereocenters. The number of fused-ring (bicyclic) bond motifs is 1. The maximum absolute atomic E-state index is 11.3. The molecule has 0 aliphatic rings. The molecule has 3 aromatic carbocycles. The third kappa shape index (κ3) is 3.98. The van der Waals surface area contributed by atoms with Crippen LogP contribution in [-0.2, 0) is 6.61 Å². The first kappa shape index (κ1) is 20.2. The topological polar surface area (TPSA) is 83.7 Å². The molecular formula is C24H20N2O5. The van der Waals surface area contributed by atoms with Gasteiger partial charge in [-0.3, -0.25) is 15.1 Å². The van der Waals surface area contributed by atoms with E-state index in [2.05, 4.69) is 4.98 Å². The van der Waals surface area contributed by atoms with Gasteiger partial charge in [-0.1, -0.05) is 42.5 Å². The Bertz CT molecular complexity index is 1240. The van der Waals surface area contributed by atoms with Crippen LogP contribution in [0.1, 0.15) is 5.56 Å². The van der Waals surface area contributed by atoms with Crippen LogP contribution >= 0.6 is 0 Å². The van der Waals surface area contributed by atoms with Gasteiger partial charge in [-0.2, -0.15) is 0 Å². The van der Waals surface area contributed by atoms with E-state index in [1.54, 1.807) is 38.6 Å². The van der Waals surface area contributed by atoms with Crippen molar-refractivity contribution in [2.75, 3.05) is 14.2 Å². The fourth-order valence-corrected chi connectivity index (χ4v) is 3.49. The van der Waals surface area contributed by atoms with Gasteiger partial charge in [0.05, 0.1) is 30.2 Å². The first-order valence-corrected chi connectivity index (χ1v) is 9.57. The van der Waals surface area contributed by atoms with Crippen LogP contribution in [0.4, 0.5) is 5.69 Å². The van der Waals surface area contributed by atoms with E-state index in [0.717, 1.165) is 10.9 Å². The molecule has 4 rings (SSSR count). The second kappa shape index (κ2) is 8.71. The van der Waals surface area contributed by atoms with E-state index < -0.39 is 4.92 Å². The molecule has 156 valence electrons. The molecule has 1 heterocycles. The van der Waals surface area contributed by atoms with Crippen molar-refractivity contribution in [2.24, 2.45) is 0 Å². The van der Waals surface area contributed by atoms with Crippen LogP contribution in [0.5, 0.6) is 17.2 Å². The molecule has 0 N–H and O–H groups in total. The SMILES string of the molecule is COc1cc(OCc2ccccc2)c2c(-c3cccc([N+](=O)[O-])c3)nccc2c1OC. The maximum atomic E-state index is 11.3. The van der Waals surface area contributed by atoms with Gasteiger partial charge in [0.2, 0.25) is 0 Å². The molecule has 0 saturated heterocycles. The number of hydrogen-bond donors (Lipinski definition) is 0. The Balaban J connectivity index is 1.92. The second-order valence-electron chi connectivity index (χ2n) is 6.77. The van der Waals surface area contributed by atoms with Gasteiger partial charge in [0.1, 0.15) is 12.4 Å². The van der Waals surface area contributed by atoms with Crippen molar-refractivity contribution in [2.45, 2.75) is 6.61 Å². The van der Waals surface area contributed by atoms with Crippen molar-refractivity contribution in [1.82, 2.24) is 4.98 Å². The highest BCUT2D eigenvalue weighted by molar-refractivity contribution is 6.03. The van der Waals surface area contributed by atoms with Crippen molar-refractivity contribution in [1.29, 1.82) is 0 Å². The molecule has 0 saturated carbocycles. The molecule has 31 heavy (non-hydrogen) atoms. The third-order valence-corrected chi connectivity index (χ3v) is 4.92. The Labute approximate surface area is 179 Å². The van der Waals surface area contributed by atoms with Crippen LogP contribution < -0.4 is 14.2 Å². The summed E-state index contributed by atoms with van der Waals surface area (Å²) in [6.45, 7) is 0.342. The molecule has 7 nitrogen and oxygen atoms in total. The van der Waals surface area contributed by atoms with Crippen molar-refractivity contribution < 1.29 is 19.1 Å². The van der Waals surface area contributed by atoms with Gasteiger partial charge in [-0.15, -0.1) is 0 Å². The van der Waals surface area contributed by atoms with Crippen molar-refractivity contribution in [3.63, 3.8) is 0 Å². The summed E-state index contributed by atoms with van der Waals surface area (Å²) >= 11 is 0. The average Bonchev–Trinajstić information content (AvgIpc) is 2.82. The first-order valence-electron chi connectivity index (χ1n) is 9.57. The standard InChI is InChI=1S/C24H20N2O5/c1-29-21-14-20(31-15-16-7-4-3-5-8-16)22-19(24(21)30-2)11-12-25-23(22)17-9-6-10-18(13-17)26(27)28/h3-14H,15H2,1-2H3. The minimum atomic E-state index is -0.426. The number of aromatic nitrogens is 1. The molecule has 1 aromatic heterocycles. The maximum Gasteiger partial charge on any atom is 0.270 e. The highest BCUT2D eigenvalue weighted by atomic mass is 16.6. The molecule has 0 aliphatic heterocycles. The number of nitro groups is 1. The lowest BCUT2D eigenvalue weighted by Gasteiger charge is -2.17. The molecule has 0 unspecified atom stereocenters. The molecule has 4 aromatic rings. The van der Waals surface area contributed by atoms with Crippen LogP contribution in [0.3, 0.4) is 0 Å². The van der Waals surface area contributed by atoms with Crippen LogP contribution in [0.15, 0.2) is 72.9 Å². The lowest BCUT2D eigenvalue weighted by Crippen LogP contribution is -2.00. The Morgan fingerprint density at radius 1 is 0.935 bits per heavy atom. The van der Waals surface area contributed by atoms with Crippen molar-refractivity contribution >= 4 is 16.5 Å². The highest BCUT2D eigenvalue weighted by Crippen LogP contribution is 2.45. The van der Waals surface area contributed by atoms with E-state index >= 15 is 0 Å². The van der Waals surface area contributed by atoms with E-state index in [0.29, 0.717) is 40.5 Å². The Hall–Kier alpha value is -4.13. The third-order valence-electron chi connectivity index (χ3n) is 4.92. The zero-order chi connectivity index (χ0) is 21.8. The monoisotopic (exact) mass is 416 g/mol. The summed E-state index contributed by atoms with van der Waals surface area (Å²) in [5.74, 6) is 1.61. The van der Waals surface area contributed by atoms with Gasteiger partial charge >= 0.3 is 0 Å². The fourth-order valence-electron chi connectivity index (χ4n) is 3.49. The summed E-state index contributed by atoms with van der Waals surface area (Å²) in [5, 5.41) is 12.7. The fraction of sp³-hybridized carbons (Fsp3) is 0.125. The molecule has 0 bridgehead atoms. The summed E-state index contributed by atoms with van der Waals surface area (Å²) in [6, 6.07) is 19.7. The van der Waals surface area contributed by atoms with Gasteiger partial charge in [0, 0.05) is 35.3 Å². The van der Waals surface area contributed by atoms with Crippen LogP contribution in [0, 0.1) is 10.1 Å². The predicted molar refractivity (Wildman–Crippen MR) is 118 cm³/mol. The van der Waals surface area contributed by atoms with Crippen molar-refractivity contribution in [3.8, 4) is 28.5 Å². The number of pyridine rings is 1. The number of rotatable bonds is 7. The highest BCUT2D eigenvalue weighted by Gasteiger charge is 2.20. The van der Waals surface area contributed by atoms with Crippen LogP contribution in [0.2, 0.25) is 0 Å². The number of methoxy groups -OCH3 is 2. The van der Waals surface area contributed by atoms with E-state index in [-0.39, 0.29) is 5.69 Å². The molecule has 7 heteroatoms. The molecule has 0 fully saturated rings. The minimum absolute atomic E-state index is 0.0106. The summed E-state index contributed by atoms with van der Waals surface area (Å²) < 4.78 is 17.3. The van der Waals surface area contributed by atoms with Gasteiger partial charge in [-0.05, 0) is 11.6 Å². The number of non-ortho nitro benzene ring substituents is 1. The number of nitrogens with zero attached hydrogens (tertiary/aromatic N) is 2. The number of benzene rings is 3. The summed E-state index contributed by atoms with van der Waals surface area (Å²) in [4.78, 5) is 15.4. The lowest BCUT2D eigenvalue weighted by atomic mass is 10.0. The summed E-state index contributed by atoms with van der Waals surface area (Å²) in [7, 11) is 3.13. The lowest BCUT2D eigenvalue weighted by molar-refractivity contribution is -0.384. The molecule has 0 spiro atoms.